The molecule has 1 heteroatoms. The van der Waals surface area contributed by atoms with Gasteiger partial charge in [-0.05, 0) is 54.9 Å². The lowest BCUT2D eigenvalue weighted by Gasteiger charge is -2.24. The van der Waals surface area contributed by atoms with Gasteiger partial charge in [0.1, 0.15) is 5.75 Å². The van der Waals surface area contributed by atoms with Crippen LogP contribution in [0, 0.1) is 0 Å². The van der Waals surface area contributed by atoms with E-state index in [2.05, 4.69) is 19.6 Å². The van der Waals surface area contributed by atoms with Crippen LogP contribution in [0.15, 0.2) is 18.7 Å². The molecule has 1 aliphatic rings. The van der Waals surface area contributed by atoms with Crippen LogP contribution in [0.1, 0.15) is 49.3 Å². The largest absolute Gasteiger partial charge is 0.508 e. The molecule has 0 bridgehead atoms. The molecule has 0 fully saturated rings. The van der Waals surface area contributed by atoms with E-state index >= 15 is 0 Å². The Morgan fingerprint density at radius 1 is 1.47 bits per heavy atom. The number of aromatic hydroxyl groups is 1. The smallest absolute Gasteiger partial charge is 0.119 e. The van der Waals surface area contributed by atoms with Crippen molar-refractivity contribution in [1.82, 2.24) is 0 Å². The van der Waals surface area contributed by atoms with Crippen LogP contribution in [-0.4, -0.2) is 5.11 Å². The molecular weight excluding hydrogens is 184 g/mol. The summed E-state index contributed by atoms with van der Waals surface area (Å²) >= 11 is 0. The van der Waals surface area contributed by atoms with Crippen molar-refractivity contribution in [3.05, 3.63) is 35.4 Å². The molecule has 0 heterocycles. The van der Waals surface area contributed by atoms with Crippen molar-refractivity contribution in [2.75, 3.05) is 0 Å². The van der Waals surface area contributed by atoms with Crippen LogP contribution >= 0.6 is 0 Å². The van der Waals surface area contributed by atoms with E-state index < -0.39 is 0 Å². The van der Waals surface area contributed by atoms with E-state index in [9.17, 15) is 5.11 Å². The molecule has 0 amide bonds. The van der Waals surface area contributed by atoms with Crippen LogP contribution in [0.2, 0.25) is 0 Å². The van der Waals surface area contributed by atoms with Crippen LogP contribution in [0.5, 0.6) is 5.75 Å². The van der Waals surface area contributed by atoms with Gasteiger partial charge in [-0.3, -0.25) is 0 Å². The van der Waals surface area contributed by atoms with Gasteiger partial charge in [0.25, 0.3) is 0 Å². The lowest BCUT2D eigenvalue weighted by Crippen LogP contribution is -2.07. The maximum atomic E-state index is 9.96. The summed E-state index contributed by atoms with van der Waals surface area (Å²) in [6.07, 6.45) is 3.43. The van der Waals surface area contributed by atoms with Crippen LogP contribution in [-0.2, 0) is 6.42 Å². The number of rotatable bonds is 1. The Hall–Kier alpha value is -1.24. The topological polar surface area (TPSA) is 20.2 Å². The average molecular weight is 202 g/mol. The van der Waals surface area contributed by atoms with Crippen molar-refractivity contribution >= 4 is 5.57 Å². The molecule has 80 valence electrons. The Morgan fingerprint density at radius 2 is 2.20 bits per heavy atom. The van der Waals surface area contributed by atoms with Crippen LogP contribution < -0.4 is 0 Å². The number of phenolic OH excluding ortho intramolecular Hbond substituents is 1. The third-order valence-electron chi connectivity index (χ3n) is 3.35. The van der Waals surface area contributed by atoms with E-state index in [1.807, 2.05) is 13.0 Å². The molecule has 1 unspecified atom stereocenters. The molecular formula is C14H18O. The summed E-state index contributed by atoms with van der Waals surface area (Å²) in [4.78, 5) is 0. The number of allylic oxidation sites excluding steroid dienone is 1. The minimum absolute atomic E-state index is 0.456. The lowest BCUT2D eigenvalue weighted by atomic mass is 9.82. The highest BCUT2D eigenvalue weighted by atomic mass is 16.3. The first-order valence-corrected chi connectivity index (χ1v) is 5.61. The molecule has 1 aliphatic carbocycles. The summed E-state index contributed by atoms with van der Waals surface area (Å²) in [6.45, 7) is 8.15. The van der Waals surface area contributed by atoms with Gasteiger partial charge >= 0.3 is 0 Å². The summed E-state index contributed by atoms with van der Waals surface area (Å²) in [5.41, 5.74) is 4.56. The van der Waals surface area contributed by atoms with Gasteiger partial charge in [0.15, 0.2) is 0 Å². The first-order valence-electron chi connectivity index (χ1n) is 5.61. The highest BCUT2D eigenvalue weighted by Crippen LogP contribution is 2.37. The molecule has 0 radical (unpaired) electrons. The fourth-order valence-corrected chi connectivity index (χ4v) is 2.38. The molecule has 1 aromatic carbocycles. The zero-order chi connectivity index (χ0) is 11.0. The normalized spacial score (nSPS) is 19.7. The van der Waals surface area contributed by atoms with Gasteiger partial charge in [-0.15, -0.1) is 0 Å². The third kappa shape index (κ3) is 1.79. The number of phenols is 1. The Labute approximate surface area is 91.4 Å². The second-order valence-electron chi connectivity index (χ2n) is 4.64. The van der Waals surface area contributed by atoms with E-state index in [0.717, 1.165) is 23.1 Å². The molecule has 1 N–H and O–H groups in total. The second-order valence-corrected chi connectivity index (χ2v) is 4.64. The van der Waals surface area contributed by atoms with Gasteiger partial charge < -0.3 is 5.11 Å². The predicted molar refractivity (Wildman–Crippen MR) is 64.2 cm³/mol. The first kappa shape index (κ1) is 10.3. The second kappa shape index (κ2) is 3.73. The molecule has 0 aliphatic heterocycles. The number of fused-ring (bicyclic) bond motifs is 1. The standard InChI is InChI=1S/C14H18O/c1-9(2)11-7-13-10(3)5-4-6-12(13)14(15)8-11/h7-8,10,15H,1,4-6H2,2-3H3. The molecule has 1 aromatic rings. The zero-order valence-electron chi connectivity index (χ0n) is 9.51. The third-order valence-corrected chi connectivity index (χ3v) is 3.35. The summed E-state index contributed by atoms with van der Waals surface area (Å²) in [7, 11) is 0. The van der Waals surface area contributed by atoms with Gasteiger partial charge in [-0.25, -0.2) is 0 Å². The Balaban J connectivity index is 2.56. The number of hydrogen-bond donors (Lipinski definition) is 1. The first-order chi connectivity index (χ1) is 7.09. The molecule has 1 nitrogen and oxygen atoms in total. The highest BCUT2D eigenvalue weighted by Gasteiger charge is 2.19. The van der Waals surface area contributed by atoms with Crippen LogP contribution in [0.25, 0.3) is 5.57 Å². The highest BCUT2D eigenvalue weighted by molar-refractivity contribution is 5.65. The van der Waals surface area contributed by atoms with Crippen molar-refractivity contribution in [1.29, 1.82) is 0 Å². The van der Waals surface area contributed by atoms with Crippen molar-refractivity contribution in [3.8, 4) is 5.75 Å². The van der Waals surface area contributed by atoms with E-state index in [0.29, 0.717) is 11.7 Å². The van der Waals surface area contributed by atoms with Crippen molar-refractivity contribution in [2.45, 2.75) is 39.0 Å². The van der Waals surface area contributed by atoms with Gasteiger partial charge in [0.2, 0.25) is 0 Å². The Kier molecular flexibility index (Phi) is 2.56. The molecule has 1 atom stereocenters. The maximum Gasteiger partial charge on any atom is 0.119 e. The molecule has 0 saturated carbocycles. The summed E-state index contributed by atoms with van der Waals surface area (Å²) < 4.78 is 0. The average Bonchev–Trinajstić information content (AvgIpc) is 2.19. The number of benzene rings is 1. The van der Waals surface area contributed by atoms with Gasteiger partial charge in [-0.2, -0.15) is 0 Å². The SMILES string of the molecule is C=C(C)c1cc(O)c2c(c1)C(C)CCC2. The van der Waals surface area contributed by atoms with E-state index in [4.69, 9.17) is 0 Å². The van der Waals surface area contributed by atoms with Crippen LogP contribution in [0.4, 0.5) is 0 Å². The Morgan fingerprint density at radius 3 is 2.87 bits per heavy atom. The van der Waals surface area contributed by atoms with Gasteiger partial charge in [0, 0.05) is 0 Å². The summed E-state index contributed by atoms with van der Waals surface area (Å²) in [5.74, 6) is 1.02. The molecule has 0 aromatic heterocycles. The fraction of sp³-hybridized carbons (Fsp3) is 0.429. The van der Waals surface area contributed by atoms with E-state index in [-0.39, 0.29) is 0 Å². The molecule has 0 saturated heterocycles. The molecule has 15 heavy (non-hydrogen) atoms. The van der Waals surface area contributed by atoms with E-state index in [1.54, 1.807) is 0 Å². The number of hydrogen-bond acceptors (Lipinski definition) is 1. The Bertz CT molecular complexity index is 404. The quantitative estimate of drug-likeness (QED) is 0.733. The van der Waals surface area contributed by atoms with Crippen LogP contribution in [0.3, 0.4) is 0 Å². The maximum absolute atomic E-state index is 9.96. The van der Waals surface area contributed by atoms with Crippen molar-refractivity contribution < 1.29 is 5.11 Å². The van der Waals surface area contributed by atoms with Gasteiger partial charge in [0.05, 0.1) is 0 Å². The van der Waals surface area contributed by atoms with Crippen molar-refractivity contribution in [3.63, 3.8) is 0 Å². The zero-order valence-corrected chi connectivity index (χ0v) is 9.51. The lowest BCUT2D eigenvalue weighted by molar-refractivity contribution is 0.456. The van der Waals surface area contributed by atoms with Gasteiger partial charge in [-0.1, -0.05) is 25.1 Å². The summed E-state index contributed by atoms with van der Waals surface area (Å²) in [5, 5.41) is 9.96. The van der Waals surface area contributed by atoms with Crippen molar-refractivity contribution in [2.24, 2.45) is 0 Å². The van der Waals surface area contributed by atoms with E-state index in [1.165, 1.54) is 18.4 Å². The molecule has 0 spiro atoms. The molecule has 2 rings (SSSR count). The minimum Gasteiger partial charge on any atom is -0.508 e. The minimum atomic E-state index is 0.456. The fourth-order valence-electron chi connectivity index (χ4n) is 2.38. The predicted octanol–water partition coefficient (Wildman–Crippen LogP) is 3.87. The monoisotopic (exact) mass is 202 g/mol. The summed E-state index contributed by atoms with van der Waals surface area (Å²) in [6, 6.07) is 4.04.